The monoisotopic (exact) mass is 416 g/mol. The SMILES string of the molecule is CCCc1[nH]nc2c1[C@@H](c1ccc(OCc3ccccc3)c(OC)c1)C(C#N)=C(N)O2. The molecule has 1 aromatic heterocycles. The van der Waals surface area contributed by atoms with Crippen molar-refractivity contribution >= 4 is 0 Å². The highest BCUT2D eigenvalue weighted by atomic mass is 16.5. The molecule has 7 nitrogen and oxygen atoms in total. The number of nitriles is 1. The van der Waals surface area contributed by atoms with Crippen LogP contribution in [0.4, 0.5) is 0 Å². The van der Waals surface area contributed by atoms with Gasteiger partial charge in [-0.05, 0) is 29.7 Å². The molecular formula is C24H24N4O3. The van der Waals surface area contributed by atoms with Crippen LogP contribution in [0.5, 0.6) is 17.4 Å². The van der Waals surface area contributed by atoms with Crippen LogP contribution in [-0.4, -0.2) is 17.3 Å². The zero-order valence-electron chi connectivity index (χ0n) is 17.5. The topological polar surface area (TPSA) is 106 Å². The number of benzene rings is 2. The summed E-state index contributed by atoms with van der Waals surface area (Å²) >= 11 is 0. The number of hydrogen-bond acceptors (Lipinski definition) is 6. The second-order valence-corrected chi connectivity index (χ2v) is 7.28. The van der Waals surface area contributed by atoms with Crippen LogP contribution in [0, 0.1) is 11.3 Å². The number of aromatic amines is 1. The largest absolute Gasteiger partial charge is 0.493 e. The zero-order chi connectivity index (χ0) is 21.8. The van der Waals surface area contributed by atoms with Gasteiger partial charge >= 0.3 is 0 Å². The number of nitrogens with two attached hydrogens (primary N) is 1. The third kappa shape index (κ3) is 3.92. The second-order valence-electron chi connectivity index (χ2n) is 7.28. The third-order valence-electron chi connectivity index (χ3n) is 5.28. The number of methoxy groups -OCH3 is 1. The molecule has 7 heteroatoms. The summed E-state index contributed by atoms with van der Waals surface area (Å²) in [4.78, 5) is 0. The fourth-order valence-electron chi connectivity index (χ4n) is 3.80. The predicted molar refractivity (Wildman–Crippen MR) is 116 cm³/mol. The van der Waals surface area contributed by atoms with Crippen molar-refractivity contribution in [3.8, 4) is 23.4 Å². The van der Waals surface area contributed by atoms with E-state index in [1.54, 1.807) is 7.11 Å². The molecule has 0 fully saturated rings. The third-order valence-corrected chi connectivity index (χ3v) is 5.28. The van der Waals surface area contributed by atoms with Gasteiger partial charge in [0, 0.05) is 11.3 Å². The summed E-state index contributed by atoms with van der Waals surface area (Å²) in [6.45, 7) is 2.51. The Balaban J connectivity index is 1.71. The van der Waals surface area contributed by atoms with Gasteiger partial charge in [-0.3, -0.25) is 5.10 Å². The number of hydrogen-bond donors (Lipinski definition) is 2. The van der Waals surface area contributed by atoms with Crippen molar-refractivity contribution in [2.75, 3.05) is 7.11 Å². The van der Waals surface area contributed by atoms with Crippen LogP contribution < -0.4 is 19.9 Å². The van der Waals surface area contributed by atoms with Crippen molar-refractivity contribution in [3.05, 3.63) is 82.4 Å². The molecular weight excluding hydrogens is 392 g/mol. The van der Waals surface area contributed by atoms with Gasteiger partial charge in [0.2, 0.25) is 11.8 Å². The predicted octanol–water partition coefficient (Wildman–Crippen LogP) is 4.17. The van der Waals surface area contributed by atoms with Gasteiger partial charge in [0.05, 0.1) is 13.0 Å². The molecule has 158 valence electrons. The van der Waals surface area contributed by atoms with Crippen LogP contribution in [0.15, 0.2) is 60.0 Å². The van der Waals surface area contributed by atoms with E-state index in [2.05, 4.69) is 23.2 Å². The number of aryl methyl sites for hydroxylation is 1. The quantitative estimate of drug-likeness (QED) is 0.599. The Morgan fingerprint density at radius 2 is 2.00 bits per heavy atom. The first-order valence-electron chi connectivity index (χ1n) is 10.2. The van der Waals surface area contributed by atoms with Crippen molar-refractivity contribution in [1.29, 1.82) is 5.26 Å². The smallest absolute Gasteiger partial charge is 0.244 e. The summed E-state index contributed by atoms with van der Waals surface area (Å²) in [5, 5.41) is 17.1. The van der Waals surface area contributed by atoms with Crippen molar-refractivity contribution in [2.24, 2.45) is 5.73 Å². The molecule has 1 aliphatic heterocycles. The average Bonchev–Trinajstić information content (AvgIpc) is 3.19. The molecule has 2 aromatic carbocycles. The Hall–Kier alpha value is -3.92. The highest BCUT2D eigenvalue weighted by Crippen LogP contribution is 2.44. The van der Waals surface area contributed by atoms with Crippen LogP contribution in [0.3, 0.4) is 0 Å². The van der Waals surface area contributed by atoms with Crippen LogP contribution in [0.2, 0.25) is 0 Å². The van der Waals surface area contributed by atoms with E-state index in [0.29, 0.717) is 29.6 Å². The Labute approximate surface area is 181 Å². The lowest BCUT2D eigenvalue weighted by molar-refractivity contribution is 0.284. The minimum absolute atomic E-state index is 0.0675. The van der Waals surface area contributed by atoms with Gasteiger partial charge in [-0.25, -0.2) is 0 Å². The first-order valence-corrected chi connectivity index (χ1v) is 10.2. The number of ether oxygens (including phenoxy) is 3. The van der Waals surface area contributed by atoms with Gasteiger partial charge in [0.15, 0.2) is 11.5 Å². The van der Waals surface area contributed by atoms with Crippen molar-refractivity contribution < 1.29 is 14.2 Å². The summed E-state index contributed by atoms with van der Waals surface area (Å²) in [5.74, 6) is 1.29. The normalized spacial score (nSPS) is 15.1. The van der Waals surface area contributed by atoms with E-state index in [9.17, 15) is 5.26 Å². The maximum absolute atomic E-state index is 9.81. The average molecular weight is 416 g/mol. The van der Waals surface area contributed by atoms with E-state index < -0.39 is 5.92 Å². The molecule has 3 N–H and O–H groups in total. The van der Waals surface area contributed by atoms with Gasteiger partial charge in [-0.15, -0.1) is 5.10 Å². The number of aromatic nitrogens is 2. The number of nitrogens with zero attached hydrogens (tertiary/aromatic N) is 2. The molecule has 0 saturated heterocycles. The molecule has 0 spiro atoms. The summed E-state index contributed by atoms with van der Waals surface area (Å²) in [6, 6.07) is 17.8. The molecule has 0 bridgehead atoms. The Kier molecular flexibility index (Phi) is 5.80. The van der Waals surface area contributed by atoms with Crippen molar-refractivity contribution in [1.82, 2.24) is 10.2 Å². The van der Waals surface area contributed by atoms with Crippen molar-refractivity contribution in [3.63, 3.8) is 0 Å². The first-order chi connectivity index (χ1) is 15.2. The fourth-order valence-corrected chi connectivity index (χ4v) is 3.80. The summed E-state index contributed by atoms with van der Waals surface area (Å²) in [6.07, 6.45) is 1.72. The molecule has 1 aliphatic rings. The maximum atomic E-state index is 9.81. The number of H-pyrrole nitrogens is 1. The summed E-state index contributed by atoms with van der Waals surface area (Å²) in [5.41, 5.74) is 10.1. The van der Waals surface area contributed by atoms with Crippen LogP contribution >= 0.6 is 0 Å². The number of rotatable bonds is 7. The van der Waals surface area contributed by atoms with E-state index in [4.69, 9.17) is 19.9 Å². The van der Waals surface area contributed by atoms with E-state index >= 15 is 0 Å². The van der Waals surface area contributed by atoms with E-state index in [0.717, 1.165) is 35.2 Å². The lowest BCUT2D eigenvalue weighted by Gasteiger charge is -2.24. The molecule has 31 heavy (non-hydrogen) atoms. The maximum Gasteiger partial charge on any atom is 0.244 e. The molecule has 4 rings (SSSR count). The van der Waals surface area contributed by atoms with Gasteiger partial charge in [0.1, 0.15) is 18.2 Å². The molecule has 0 unspecified atom stereocenters. The molecule has 0 aliphatic carbocycles. The molecule has 0 amide bonds. The summed E-state index contributed by atoms with van der Waals surface area (Å²) in [7, 11) is 1.60. The minimum Gasteiger partial charge on any atom is -0.493 e. The lowest BCUT2D eigenvalue weighted by Crippen LogP contribution is -2.21. The van der Waals surface area contributed by atoms with Gasteiger partial charge in [-0.2, -0.15) is 5.26 Å². The fraction of sp³-hybridized carbons (Fsp3) is 0.250. The van der Waals surface area contributed by atoms with E-state index in [-0.39, 0.29) is 5.88 Å². The minimum atomic E-state index is -0.397. The van der Waals surface area contributed by atoms with Gasteiger partial charge < -0.3 is 19.9 Å². The molecule has 3 aromatic rings. The number of allylic oxidation sites excluding steroid dienone is 1. The van der Waals surface area contributed by atoms with Crippen LogP contribution in [0.1, 0.15) is 41.6 Å². The van der Waals surface area contributed by atoms with E-state index in [1.807, 2.05) is 48.5 Å². The van der Waals surface area contributed by atoms with Gasteiger partial charge in [-0.1, -0.05) is 49.7 Å². The Morgan fingerprint density at radius 3 is 2.71 bits per heavy atom. The highest BCUT2D eigenvalue weighted by Gasteiger charge is 2.35. The second kappa shape index (κ2) is 8.84. The molecule has 2 heterocycles. The molecule has 0 saturated carbocycles. The van der Waals surface area contributed by atoms with Crippen molar-refractivity contribution in [2.45, 2.75) is 32.3 Å². The first kappa shape index (κ1) is 20.4. The molecule has 0 radical (unpaired) electrons. The number of fused-ring (bicyclic) bond motifs is 1. The standard InChI is InChI=1S/C24H24N4O3/c1-3-7-18-22-21(17(13-25)23(26)31-24(22)28-27-18)16-10-11-19(20(12-16)29-2)30-14-15-8-5-4-6-9-15/h4-6,8-12,21H,3,7,14,26H2,1-2H3,(H,27,28)/t21-/m0/s1. The van der Waals surface area contributed by atoms with Crippen LogP contribution in [0.25, 0.3) is 0 Å². The Morgan fingerprint density at radius 1 is 1.19 bits per heavy atom. The lowest BCUT2D eigenvalue weighted by atomic mass is 9.83. The van der Waals surface area contributed by atoms with E-state index in [1.165, 1.54) is 0 Å². The summed E-state index contributed by atoms with van der Waals surface area (Å²) < 4.78 is 17.2. The number of nitrogens with one attached hydrogen (secondary N) is 1. The molecule has 1 atom stereocenters. The zero-order valence-corrected chi connectivity index (χ0v) is 17.5. The van der Waals surface area contributed by atoms with Gasteiger partial charge in [0.25, 0.3) is 0 Å². The Bertz CT molecular complexity index is 1150. The van der Waals surface area contributed by atoms with Crippen LogP contribution in [-0.2, 0) is 13.0 Å². The highest BCUT2D eigenvalue weighted by molar-refractivity contribution is 5.57.